The lowest BCUT2D eigenvalue weighted by molar-refractivity contribution is 0.227. The lowest BCUT2D eigenvalue weighted by Gasteiger charge is -2.36. The van der Waals surface area contributed by atoms with Crippen molar-refractivity contribution in [1.82, 2.24) is 5.32 Å². The molecule has 102 valence electrons. The van der Waals surface area contributed by atoms with E-state index in [9.17, 15) is 0 Å². The number of nitrogens with one attached hydrogen (secondary N) is 1. The maximum absolute atomic E-state index is 3.73. The molecule has 1 N–H and O–H groups in total. The first-order valence-electron chi connectivity index (χ1n) is 6.62. The molecule has 0 amide bonds. The van der Waals surface area contributed by atoms with Gasteiger partial charge in [0, 0.05) is 16.1 Å². The molecule has 0 spiro atoms. The number of rotatable bonds is 4. The monoisotopic (exact) mass is 311 g/mol. The van der Waals surface area contributed by atoms with Gasteiger partial charge in [0.1, 0.15) is 0 Å². The number of hydrogen-bond donors (Lipinski definition) is 1. The molecule has 1 nitrogen and oxygen atoms in total. The fraction of sp³-hybridized carbons (Fsp3) is 0.625. The molecule has 0 aliphatic heterocycles. The molecule has 0 aromatic heterocycles. The molecule has 0 saturated carbocycles. The van der Waals surface area contributed by atoms with Crippen molar-refractivity contribution in [2.24, 2.45) is 5.41 Å². The molecule has 0 aliphatic carbocycles. The second kappa shape index (κ2) is 5.75. The second-order valence-corrected chi connectivity index (χ2v) is 7.95. The fourth-order valence-corrected chi connectivity index (χ4v) is 3.06. The van der Waals surface area contributed by atoms with Crippen LogP contribution in [0.4, 0.5) is 0 Å². The minimum atomic E-state index is 0.144. The summed E-state index contributed by atoms with van der Waals surface area (Å²) in [5.74, 6) is 0. The summed E-state index contributed by atoms with van der Waals surface area (Å²) in [4.78, 5) is 0. The molecular weight excluding hydrogens is 286 g/mol. The van der Waals surface area contributed by atoms with Crippen LogP contribution in [0.2, 0.25) is 0 Å². The van der Waals surface area contributed by atoms with E-state index in [2.05, 4.69) is 87.1 Å². The van der Waals surface area contributed by atoms with E-state index in [0.29, 0.717) is 11.5 Å². The summed E-state index contributed by atoms with van der Waals surface area (Å²) >= 11 is 3.48. The van der Waals surface area contributed by atoms with Gasteiger partial charge in [0.05, 0.1) is 0 Å². The molecule has 0 heterocycles. The highest BCUT2D eigenvalue weighted by atomic mass is 79.9. The van der Waals surface area contributed by atoms with E-state index >= 15 is 0 Å². The highest BCUT2D eigenvalue weighted by Gasteiger charge is 2.26. The first kappa shape index (κ1) is 15.7. The molecule has 2 heteroatoms. The van der Waals surface area contributed by atoms with Gasteiger partial charge in [-0.1, -0.05) is 48.8 Å². The molecule has 1 aromatic carbocycles. The van der Waals surface area contributed by atoms with Crippen LogP contribution in [0, 0.1) is 5.41 Å². The van der Waals surface area contributed by atoms with Crippen molar-refractivity contribution in [2.45, 2.75) is 59.5 Å². The summed E-state index contributed by atoms with van der Waals surface area (Å²) in [7, 11) is 0. The van der Waals surface area contributed by atoms with Crippen molar-refractivity contribution in [3.05, 3.63) is 34.3 Å². The molecule has 1 rings (SSSR count). The summed E-state index contributed by atoms with van der Waals surface area (Å²) in [6.07, 6.45) is 1.15. The second-order valence-electron chi connectivity index (χ2n) is 7.04. The van der Waals surface area contributed by atoms with Gasteiger partial charge in [-0.15, -0.1) is 0 Å². The third kappa shape index (κ3) is 5.53. The molecule has 1 atom stereocenters. The zero-order valence-electron chi connectivity index (χ0n) is 12.5. The van der Waals surface area contributed by atoms with Gasteiger partial charge in [0.2, 0.25) is 0 Å². The van der Waals surface area contributed by atoms with E-state index in [-0.39, 0.29) is 5.54 Å². The highest BCUT2D eigenvalue weighted by molar-refractivity contribution is 9.10. The zero-order chi connectivity index (χ0) is 14.0. The van der Waals surface area contributed by atoms with Crippen molar-refractivity contribution >= 4 is 15.9 Å². The third-order valence-corrected chi connectivity index (χ3v) is 3.48. The SMILES string of the molecule is CC(NC(C)(C)CC(C)(C)C)c1ccc(Br)cc1. The van der Waals surface area contributed by atoms with Crippen LogP contribution < -0.4 is 5.32 Å². The summed E-state index contributed by atoms with van der Waals surface area (Å²) in [5, 5.41) is 3.73. The van der Waals surface area contributed by atoms with Crippen LogP contribution in [0.5, 0.6) is 0 Å². The predicted octanol–water partition coefficient (Wildman–Crippen LogP) is 5.31. The van der Waals surface area contributed by atoms with Crippen molar-refractivity contribution in [1.29, 1.82) is 0 Å². The lowest BCUT2D eigenvalue weighted by atomic mass is 9.81. The Morgan fingerprint density at radius 2 is 1.56 bits per heavy atom. The topological polar surface area (TPSA) is 12.0 Å². The van der Waals surface area contributed by atoms with E-state index < -0.39 is 0 Å². The van der Waals surface area contributed by atoms with Crippen LogP contribution in [0.3, 0.4) is 0 Å². The Kier molecular flexibility index (Phi) is 5.02. The van der Waals surface area contributed by atoms with Crippen molar-refractivity contribution in [3.63, 3.8) is 0 Å². The average Bonchev–Trinajstić information content (AvgIpc) is 2.13. The maximum atomic E-state index is 3.73. The Bertz CT molecular complexity index is 373. The van der Waals surface area contributed by atoms with Gasteiger partial charge in [-0.25, -0.2) is 0 Å². The fourth-order valence-electron chi connectivity index (χ4n) is 2.80. The molecular formula is C16H26BrN. The highest BCUT2D eigenvalue weighted by Crippen LogP contribution is 2.29. The Hall–Kier alpha value is -0.340. The van der Waals surface area contributed by atoms with Crippen LogP contribution in [0.15, 0.2) is 28.7 Å². The van der Waals surface area contributed by atoms with E-state index in [1.807, 2.05) is 0 Å². The Balaban J connectivity index is 2.69. The molecule has 0 aliphatic rings. The third-order valence-electron chi connectivity index (χ3n) is 2.95. The predicted molar refractivity (Wildman–Crippen MR) is 83.8 cm³/mol. The molecule has 1 unspecified atom stereocenters. The summed E-state index contributed by atoms with van der Waals surface area (Å²) in [5.41, 5.74) is 1.82. The molecule has 0 fully saturated rings. The minimum absolute atomic E-state index is 0.144. The van der Waals surface area contributed by atoms with Gasteiger partial charge in [-0.05, 0) is 50.3 Å². The van der Waals surface area contributed by atoms with Crippen molar-refractivity contribution in [2.75, 3.05) is 0 Å². The van der Waals surface area contributed by atoms with Crippen LogP contribution >= 0.6 is 15.9 Å². The quantitative estimate of drug-likeness (QED) is 0.794. The van der Waals surface area contributed by atoms with Gasteiger partial charge in [0.25, 0.3) is 0 Å². The summed E-state index contributed by atoms with van der Waals surface area (Å²) in [6.45, 7) is 13.7. The van der Waals surface area contributed by atoms with E-state index in [0.717, 1.165) is 10.9 Å². The summed E-state index contributed by atoms with van der Waals surface area (Å²) in [6, 6.07) is 8.92. The normalized spacial score (nSPS) is 14.6. The average molecular weight is 312 g/mol. The lowest BCUT2D eigenvalue weighted by Crippen LogP contribution is -2.43. The van der Waals surface area contributed by atoms with Crippen molar-refractivity contribution < 1.29 is 0 Å². The maximum Gasteiger partial charge on any atom is 0.0296 e. The Morgan fingerprint density at radius 1 is 1.06 bits per heavy atom. The first-order chi connectivity index (χ1) is 8.09. The van der Waals surface area contributed by atoms with Crippen LogP contribution in [0.1, 0.15) is 59.6 Å². The molecule has 18 heavy (non-hydrogen) atoms. The Morgan fingerprint density at radius 3 is 2.00 bits per heavy atom. The minimum Gasteiger partial charge on any atom is -0.305 e. The van der Waals surface area contributed by atoms with E-state index in [1.54, 1.807) is 0 Å². The van der Waals surface area contributed by atoms with Crippen LogP contribution in [0.25, 0.3) is 0 Å². The van der Waals surface area contributed by atoms with Gasteiger partial charge >= 0.3 is 0 Å². The number of hydrogen-bond acceptors (Lipinski definition) is 1. The molecule has 0 bridgehead atoms. The zero-order valence-corrected chi connectivity index (χ0v) is 14.1. The van der Waals surface area contributed by atoms with E-state index in [4.69, 9.17) is 0 Å². The standard InChI is InChI=1S/C16H26BrN/c1-12(13-7-9-14(17)10-8-13)18-16(5,6)11-15(2,3)4/h7-10,12,18H,11H2,1-6H3. The smallest absolute Gasteiger partial charge is 0.0296 e. The van der Waals surface area contributed by atoms with Gasteiger partial charge in [0.15, 0.2) is 0 Å². The number of benzene rings is 1. The Labute approximate surface area is 120 Å². The largest absolute Gasteiger partial charge is 0.305 e. The van der Waals surface area contributed by atoms with Gasteiger partial charge < -0.3 is 5.32 Å². The number of halogens is 1. The van der Waals surface area contributed by atoms with E-state index in [1.165, 1.54) is 5.56 Å². The molecule has 1 aromatic rings. The van der Waals surface area contributed by atoms with Crippen LogP contribution in [-0.2, 0) is 0 Å². The molecule has 0 radical (unpaired) electrons. The van der Waals surface area contributed by atoms with Crippen LogP contribution in [-0.4, -0.2) is 5.54 Å². The summed E-state index contributed by atoms with van der Waals surface area (Å²) < 4.78 is 1.13. The van der Waals surface area contributed by atoms with Gasteiger partial charge in [-0.2, -0.15) is 0 Å². The molecule has 0 saturated heterocycles. The van der Waals surface area contributed by atoms with Crippen molar-refractivity contribution in [3.8, 4) is 0 Å². The first-order valence-corrected chi connectivity index (χ1v) is 7.42. The van der Waals surface area contributed by atoms with Gasteiger partial charge in [-0.3, -0.25) is 0 Å².